The van der Waals surface area contributed by atoms with Crippen LogP contribution < -0.4 is 54.4 Å². The van der Waals surface area contributed by atoms with E-state index < -0.39 is 102 Å². The Kier molecular flexibility index (Phi) is 23.2. The van der Waals surface area contributed by atoms with E-state index in [1.165, 1.54) is 6.20 Å². The number of benzene rings is 3. The first-order valence-corrected chi connectivity index (χ1v) is 28.7. The summed E-state index contributed by atoms with van der Waals surface area (Å²) >= 11 is 12.2. The molecule has 1 fully saturated rings. The zero-order valence-corrected chi connectivity index (χ0v) is 46.2. The van der Waals surface area contributed by atoms with E-state index in [1.54, 1.807) is 86.9 Å². The summed E-state index contributed by atoms with van der Waals surface area (Å²) < 4.78 is 0. The van der Waals surface area contributed by atoms with Crippen LogP contribution in [0.5, 0.6) is 0 Å². The number of para-hydroxylation sites is 1. The molecule has 5 aromatic rings. The number of aromatic amines is 1. The van der Waals surface area contributed by atoms with Crippen molar-refractivity contribution in [2.75, 3.05) is 18.1 Å². The van der Waals surface area contributed by atoms with Crippen molar-refractivity contribution in [2.24, 2.45) is 23.1 Å². The van der Waals surface area contributed by atoms with Crippen molar-refractivity contribution in [1.82, 2.24) is 47.2 Å². The smallest absolute Gasteiger partial charge is 0.244 e. The van der Waals surface area contributed by atoms with Crippen LogP contribution in [0.25, 0.3) is 10.9 Å². The summed E-state index contributed by atoms with van der Waals surface area (Å²) in [7, 11) is 2.11. The Morgan fingerprint density at radius 3 is 1.96 bits per heavy atom. The Bertz CT molecular complexity index is 2870. The lowest BCUT2D eigenvalue weighted by Crippen LogP contribution is -2.61. The highest BCUT2D eigenvalue weighted by atomic mass is 35.5. The number of amides is 8. The minimum absolute atomic E-state index is 0.0121. The summed E-state index contributed by atoms with van der Waals surface area (Å²) in [6.45, 7) is 3.67. The van der Waals surface area contributed by atoms with Crippen LogP contribution in [0.3, 0.4) is 0 Å². The zero-order valence-electron chi connectivity index (χ0n) is 43.1. The van der Waals surface area contributed by atoms with Crippen molar-refractivity contribution in [1.29, 1.82) is 0 Å². The molecular formula is C54H66Cl2N12O8S2. The number of nitrogens with zero attached hydrogens (tertiary/aromatic N) is 1. The number of unbranched alkanes of at least 4 members (excludes halogenated alkanes) is 1. The van der Waals surface area contributed by atoms with Gasteiger partial charge in [-0.3, -0.25) is 43.3 Å². The van der Waals surface area contributed by atoms with Crippen molar-refractivity contribution in [2.45, 2.75) is 107 Å². The molecule has 20 nitrogen and oxygen atoms in total. The van der Waals surface area contributed by atoms with Crippen LogP contribution in [0.1, 0.15) is 55.4 Å². The van der Waals surface area contributed by atoms with Crippen molar-refractivity contribution >= 4 is 103 Å². The molecule has 24 heteroatoms. The Balaban J connectivity index is 1.38. The standard InChI is InChI=1S/C54H66Cl2N12O8S2/c1-30(2)46-54(76)67-45(52(74)63-41(47(59)69)23-32-14-18-36(56)19-15-32)29-78-77-28-44(66-48(70)38(58)22-31-12-16-35(55)17-13-31)53(75)64-42(24-33-8-7-21-60-26-33)50(72)65-43(25-34-27-61-39-10-4-3-9-37(34)39)51(73)62-40(49(71)68-46)11-5-6-20-57/h3-4,7-10,12-19,21,26-27,30,38,40-46,61H,5-6,11,20,22-25,28-29,57-58H2,1-2H3,(H2,59,69)(H,62,73)(H,63,74)(H,64,75)(H,65,72)(H,66,70)(H,67,76)(H,68,71)/t38-,40-,41-,42-,43+,44-,45+,46+/m0/s1. The molecule has 6 rings (SSSR count). The molecule has 0 aliphatic carbocycles. The molecule has 1 saturated heterocycles. The van der Waals surface area contributed by atoms with Crippen molar-refractivity contribution in [3.63, 3.8) is 0 Å². The minimum atomic E-state index is -1.38. The molecule has 78 heavy (non-hydrogen) atoms. The summed E-state index contributed by atoms with van der Waals surface area (Å²) in [5.41, 5.74) is 21.4. The average Bonchev–Trinajstić information content (AvgIpc) is 3.88. The summed E-state index contributed by atoms with van der Waals surface area (Å²) in [5.74, 6) is -7.04. The minimum Gasteiger partial charge on any atom is -0.368 e. The van der Waals surface area contributed by atoms with Gasteiger partial charge in [0, 0.05) is 70.3 Å². The fraction of sp³-hybridized carbons (Fsp3) is 0.389. The normalized spacial score (nSPS) is 21.0. The molecule has 3 heterocycles. The van der Waals surface area contributed by atoms with E-state index in [2.05, 4.69) is 47.2 Å². The number of carbonyl (C=O) groups excluding carboxylic acids is 8. The quantitative estimate of drug-likeness (QED) is 0.0445. The summed E-state index contributed by atoms with van der Waals surface area (Å²) in [5, 5.41) is 21.2. The van der Waals surface area contributed by atoms with Crippen LogP contribution in [-0.4, -0.2) is 124 Å². The molecule has 416 valence electrons. The number of nitrogens with one attached hydrogen (secondary N) is 8. The van der Waals surface area contributed by atoms with Gasteiger partial charge >= 0.3 is 0 Å². The number of halogens is 2. The van der Waals surface area contributed by atoms with Gasteiger partial charge < -0.3 is 59.4 Å². The van der Waals surface area contributed by atoms with Crippen LogP contribution in [0.15, 0.2) is 104 Å². The van der Waals surface area contributed by atoms with Crippen molar-refractivity contribution in [3.05, 3.63) is 136 Å². The van der Waals surface area contributed by atoms with Gasteiger partial charge in [-0.2, -0.15) is 0 Å². The lowest BCUT2D eigenvalue weighted by molar-refractivity contribution is -0.136. The number of hydrogen-bond donors (Lipinski definition) is 11. The molecule has 0 spiro atoms. The topological polar surface area (TPSA) is 328 Å². The second-order valence-corrected chi connectivity index (χ2v) is 22.7. The molecule has 1 aliphatic rings. The Morgan fingerprint density at radius 2 is 1.32 bits per heavy atom. The Hall–Kier alpha value is -6.69. The van der Waals surface area contributed by atoms with E-state index in [0.29, 0.717) is 51.7 Å². The lowest BCUT2D eigenvalue weighted by atomic mass is 10.00. The number of fused-ring (bicyclic) bond motifs is 1. The Labute approximate surface area is 470 Å². The molecule has 8 atom stereocenters. The number of carbonyl (C=O) groups is 8. The van der Waals surface area contributed by atoms with E-state index in [9.17, 15) is 38.4 Å². The number of pyridine rings is 1. The second kappa shape index (κ2) is 29.9. The first-order chi connectivity index (χ1) is 37.4. The summed E-state index contributed by atoms with van der Waals surface area (Å²) in [6, 6.07) is 13.8. The summed E-state index contributed by atoms with van der Waals surface area (Å²) in [6.07, 6.45) is 5.66. The van der Waals surface area contributed by atoms with Gasteiger partial charge in [0.25, 0.3) is 0 Å². The molecule has 14 N–H and O–H groups in total. The molecule has 8 amide bonds. The van der Waals surface area contributed by atoms with E-state index in [1.807, 2.05) is 24.3 Å². The van der Waals surface area contributed by atoms with E-state index in [4.69, 9.17) is 40.4 Å². The first-order valence-electron chi connectivity index (χ1n) is 25.4. The molecular weight excluding hydrogens is 1080 g/mol. The van der Waals surface area contributed by atoms with Gasteiger partial charge in [0.1, 0.15) is 42.3 Å². The largest absolute Gasteiger partial charge is 0.368 e. The molecule has 0 bridgehead atoms. The van der Waals surface area contributed by atoms with Crippen LogP contribution in [0.2, 0.25) is 10.0 Å². The fourth-order valence-electron chi connectivity index (χ4n) is 8.52. The van der Waals surface area contributed by atoms with Gasteiger partial charge in [0.15, 0.2) is 0 Å². The number of rotatable bonds is 18. The highest BCUT2D eigenvalue weighted by molar-refractivity contribution is 8.76. The lowest BCUT2D eigenvalue weighted by Gasteiger charge is -2.29. The van der Waals surface area contributed by atoms with Gasteiger partial charge in [0.2, 0.25) is 47.3 Å². The van der Waals surface area contributed by atoms with Crippen LogP contribution in [-0.2, 0) is 64.0 Å². The maximum absolute atomic E-state index is 14.8. The predicted molar refractivity (Wildman–Crippen MR) is 304 cm³/mol. The van der Waals surface area contributed by atoms with Crippen molar-refractivity contribution in [3.8, 4) is 0 Å². The second-order valence-electron chi connectivity index (χ2n) is 19.2. The SMILES string of the molecule is CC(C)[C@H]1NC(=O)[C@H](CCCCN)NC(=O)[C@@H](Cc2c[nH]c3ccccc23)NC(=O)[C@H](Cc2cccnc2)NC(=O)[C@@H](NC(=O)[C@@H](N)Cc2ccc(Cl)cc2)CSSC[C@H](C(=O)N[C@@H](Cc2ccc(Cl)cc2)C(N)=O)NC1=O. The number of aromatic nitrogens is 2. The highest BCUT2D eigenvalue weighted by Crippen LogP contribution is 2.25. The maximum atomic E-state index is 14.8. The fourth-order valence-corrected chi connectivity index (χ4v) is 11.1. The molecule has 2 aromatic heterocycles. The maximum Gasteiger partial charge on any atom is 0.244 e. The summed E-state index contributed by atoms with van der Waals surface area (Å²) in [4.78, 5) is 122. The molecule has 0 unspecified atom stereocenters. The molecule has 0 saturated carbocycles. The third-order valence-electron chi connectivity index (χ3n) is 12.9. The molecule has 3 aromatic carbocycles. The zero-order chi connectivity index (χ0) is 56.3. The predicted octanol–water partition coefficient (Wildman–Crippen LogP) is 2.53. The third-order valence-corrected chi connectivity index (χ3v) is 15.8. The monoisotopic (exact) mass is 1140 g/mol. The van der Waals surface area contributed by atoms with Gasteiger partial charge in [-0.25, -0.2) is 0 Å². The third kappa shape index (κ3) is 18.2. The van der Waals surface area contributed by atoms with Crippen LogP contribution in [0, 0.1) is 5.92 Å². The van der Waals surface area contributed by atoms with Gasteiger partial charge in [-0.1, -0.05) is 107 Å². The highest BCUT2D eigenvalue weighted by Gasteiger charge is 2.36. The first kappa shape index (κ1) is 60.5. The number of primary amides is 1. The van der Waals surface area contributed by atoms with Gasteiger partial charge in [0.05, 0.1) is 6.04 Å². The van der Waals surface area contributed by atoms with Crippen LogP contribution >= 0.6 is 44.8 Å². The van der Waals surface area contributed by atoms with Crippen molar-refractivity contribution < 1.29 is 38.4 Å². The van der Waals surface area contributed by atoms with Gasteiger partial charge in [-0.15, -0.1) is 0 Å². The van der Waals surface area contributed by atoms with E-state index in [0.717, 1.165) is 32.5 Å². The number of H-pyrrole nitrogens is 1. The number of hydrogen-bond acceptors (Lipinski definition) is 13. The molecule has 0 radical (unpaired) electrons. The molecule has 1 aliphatic heterocycles. The van der Waals surface area contributed by atoms with E-state index >= 15 is 0 Å². The van der Waals surface area contributed by atoms with E-state index in [-0.39, 0.29) is 43.6 Å². The van der Waals surface area contributed by atoms with Crippen LogP contribution in [0.4, 0.5) is 0 Å². The number of nitrogens with two attached hydrogens (primary N) is 3. The Morgan fingerprint density at radius 1 is 0.705 bits per heavy atom. The average molecular weight is 1150 g/mol. The van der Waals surface area contributed by atoms with Gasteiger partial charge in [-0.05, 0) is 96.8 Å².